The van der Waals surface area contributed by atoms with E-state index in [0.29, 0.717) is 6.42 Å². The number of likely N-dealkylation sites (N-methyl/N-ethyl adjacent to an activating group) is 1. The molecule has 1 atom stereocenters. The molecule has 0 aliphatic carbocycles. The van der Waals surface area contributed by atoms with Gasteiger partial charge in [-0.2, -0.15) is 0 Å². The van der Waals surface area contributed by atoms with E-state index in [1.54, 1.807) is 7.05 Å². The summed E-state index contributed by atoms with van der Waals surface area (Å²) in [7, 11) is 1.62. The lowest BCUT2D eigenvalue weighted by Gasteiger charge is -2.24. The monoisotopic (exact) mass is 291 g/mol. The molecule has 5 nitrogen and oxygen atoms in total. The van der Waals surface area contributed by atoms with Gasteiger partial charge in [0.15, 0.2) is 0 Å². The van der Waals surface area contributed by atoms with Crippen LogP contribution in [0, 0.1) is 0 Å². The minimum atomic E-state index is -0.325. The van der Waals surface area contributed by atoms with Gasteiger partial charge in [-0.05, 0) is 45.4 Å². The molecular formula is C16H25N3O2. The number of rotatable bonds is 5. The van der Waals surface area contributed by atoms with Gasteiger partial charge in [-0.25, -0.2) is 0 Å². The van der Waals surface area contributed by atoms with Crippen LogP contribution in [0.5, 0.6) is 0 Å². The summed E-state index contributed by atoms with van der Waals surface area (Å²) >= 11 is 0. The van der Waals surface area contributed by atoms with Crippen LogP contribution in [0.2, 0.25) is 0 Å². The first-order valence-electron chi connectivity index (χ1n) is 7.09. The quantitative estimate of drug-likeness (QED) is 0.773. The Morgan fingerprint density at radius 1 is 1.14 bits per heavy atom. The molecule has 0 bridgehead atoms. The van der Waals surface area contributed by atoms with Gasteiger partial charge >= 0.3 is 0 Å². The molecule has 0 fully saturated rings. The molecule has 21 heavy (non-hydrogen) atoms. The number of carbonyl (C=O) groups is 2. The summed E-state index contributed by atoms with van der Waals surface area (Å²) in [5.41, 5.74) is 1.55. The van der Waals surface area contributed by atoms with E-state index in [9.17, 15) is 9.59 Å². The maximum absolute atomic E-state index is 12.0. The van der Waals surface area contributed by atoms with Crippen LogP contribution >= 0.6 is 0 Å². The highest BCUT2D eigenvalue weighted by atomic mass is 16.2. The van der Waals surface area contributed by atoms with E-state index in [2.05, 4.69) is 16.0 Å². The minimum Gasteiger partial charge on any atom is -0.374 e. The Kier molecular flexibility index (Phi) is 5.76. The second kappa shape index (κ2) is 7.11. The number of hydrogen-bond donors (Lipinski definition) is 3. The maximum atomic E-state index is 12.0. The topological polar surface area (TPSA) is 70.2 Å². The number of amides is 2. The highest BCUT2D eigenvalue weighted by molar-refractivity contribution is 5.84. The highest BCUT2D eigenvalue weighted by Gasteiger charge is 2.18. The van der Waals surface area contributed by atoms with Crippen molar-refractivity contribution in [2.75, 3.05) is 12.4 Å². The van der Waals surface area contributed by atoms with Gasteiger partial charge in [0, 0.05) is 18.3 Å². The smallest absolute Gasteiger partial charge is 0.242 e. The predicted octanol–water partition coefficient (Wildman–Crippen LogP) is 1.69. The van der Waals surface area contributed by atoms with Crippen LogP contribution < -0.4 is 16.0 Å². The lowest BCUT2D eigenvalue weighted by molar-refractivity contribution is -0.123. The second-order valence-corrected chi connectivity index (χ2v) is 6.15. The van der Waals surface area contributed by atoms with Gasteiger partial charge in [-0.3, -0.25) is 9.59 Å². The summed E-state index contributed by atoms with van der Waals surface area (Å²) in [4.78, 5) is 23.3. The average molecular weight is 291 g/mol. The highest BCUT2D eigenvalue weighted by Crippen LogP contribution is 2.12. The van der Waals surface area contributed by atoms with Gasteiger partial charge in [0.05, 0.1) is 6.42 Å². The molecule has 0 saturated heterocycles. The van der Waals surface area contributed by atoms with E-state index >= 15 is 0 Å². The zero-order valence-corrected chi connectivity index (χ0v) is 13.4. The molecule has 0 aliphatic heterocycles. The lowest BCUT2D eigenvalue weighted by Crippen LogP contribution is -2.47. The van der Waals surface area contributed by atoms with Crippen molar-refractivity contribution < 1.29 is 9.59 Å². The Balaban J connectivity index is 2.59. The average Bonchev–Trinajstić information content (AvgIpc) is 2.38. The van der Waals surface area contributed by atoms with E-state index in [1.807, 2.05) is 52.0 Å². The van der Waals surface area contributed by atoms with Crippen molar-refractivity contribution in [1.82, 2.24) is 10.6 Å². The van der Waals surface area contributed by atoms with Crippen molar-refractivity contribution in [3.8, 4) is 0 Å². The van der Waals surface area contributed by atoms with Crippen molar-refractivity contribution in [3.05, 3.63) is 29.8 Å². The molecule has 1 aromatic carbocycles. The van der Waals surface area contributed by atoms with Crippen molar-refractivity contribution in [3.63, 3.8) is 0 Å². The minimum absolute atomic E-state index is 0.0198. The van der Waals surface area contributed by atoms with Gasteiger partial charge in [-0.1, -0.05) is 12.1 Å². The summed E-state index contributed by atoms with van der Waals surface area (Å²) < 4.78 is 0. The number of hydrogen-bond acceptors (Lipinski definition) is 3. The van der Waals surface area contributed by atoms with Crippen LogP contribution in [-0.4, -0.2) is 30.4 Å². The molecule has 1 rings (SSSR count). The Labute approximate surface area is 126 Å². The third-order valence-electron chi connectivity index (χ3n) is 2.87. The molecular weight excluding hydrogens is 266 g/mol. The molecule has 0 saturated carbocycles. The van der Waals surface area contributed by atoms with Crippen LogP contribution in [0.3, 0.4) is 0 Å². The Hall–Kier alpha value is -2.04. The fraction of sp³-hybridized carbons (Fsp3) is 0.500. The van der Waals surface area contributed by atoms with Gasteiger partial charge in [0.2, 0.25) is 11.8 Å². The first-order chi connectivity index (χ1) is 9.71. The molecule has 5 heteroatoms. The largest absolute Gasteiger partial charge is 0.374 e. The fourth-order valence-electron chi connectivity index (χ4n) is 1.79. The summed E-state index contributed by atoms with van der Waals surface area (Å²) in [6, 6.07) is 7.19. The van der Waals surface area contributed by atoms with E-state index in [-0.39, 0.29) is 23.4 Å². The normalized spacial score (nSPS) is 12.4. The summed E-state index contributed by atoms with van der Waals surface area (Å²) in [6.45, 7) is 7.67. The predicted molar refractivity (Wildman–Crippen MR) is 85.2 cm³/mol. The van der Waals surface area contributed by atoms with Crippen LogP contribution in [0.15, 0.2) is 24.3 Å². The molecule has 0 aromatic heterocycles. The second-order valence-electron chi connectivity index (χ2n) is 6.15. The third kappa shape index (κ3) is 6.29. The summed E-state index contributed by atoms with van der Waals surface area (Å²) in [5, 5.41) is 8.67. The van der Waals surface area contributed by atoms with E-state index in [4.69, 9.17) is 0 Å². The molecule has 0 spiro atoms. The lowest BCUT2D eigenvalue weighted by atomic mass is 10.1. The van der Waals surface area contributed by atoms with E-state index in [1.165, 1.54) is 0 Å². The van der Waals surface area contributed by atoms with Gasteiger partial charge in [0.25, 0.3) is 0 Å². The van der Waals surface area contributed by atoms with Crippen molar-refractivity contribution in [2.24, 2.45) is 0 Å². The molecule has 1 aromatic rings. The fourth-order valence-corrected chi connectivity index (χ4v) is 1.79. The molecule has 0 radical (unpaired) electrons. The Morgan fingerprint density at radius 3 is 2.19 bits per heavy atom. The van der Waals surface area contributed by atoms with Crippen LogP contribution in [-0.2, 0) is 16.0 Å². The standard InChI is InChI=1S/C16H25N3O2/c1-11(15(21)19-16(2,3)4)18-13-8-6-12(7-9-13)10-14(20)17-5/h6-9,11,18H,10H2,1-5H3,(H,17,20)(H,19,21)/t11-/m0/s1. The first kappa shape index (κ1) is 17.0. The van der Waals surface area contributed by atoms with E-state index in [0.717, 1.165) is 11.3 Å². The van der Waals surface area contributed by atoms with E-state index < -0.39 is 0 Å². The number of nitrogens with one attached hydrogen (secondary N) is 3. The van der Waals surface area contributed by atoms with Crippen LogP contribution in [0.4, 0.5) is 5.69 Å². The number of anilines is 1. The third-order valence-corrected chi connectivity index (χ3v) is 2.87. The molecule has 0 unspecified atom stereocenters. The molecule has 0 aliphatic rings. The van der Waals surface area contributed by atoms with Crippen molar-refractivity contribution >= 4 is 17.5 Å². The Morgan fingerprint density at radius 2 is 1.71 bits per heavy atom. The Bertz CT molecular complexity index is 489. The maximum Gasteiger partial charge on any atom is 0.242 e. The first-order valence-corrected chi connectivity index (χ1v) is 7.09. The molecule has 2 amide bonds. The van der Waals surface area contributed by atoms with Crippen LogP contribution in [0.1, 0.15) is 33.3 Å². The van der Waals surface area contributed by atoms with Crippen LogP contribution in [0.25, 0.3) is 0 Å². The zero-order chi connectivity index (χ0) is 16.0. The van der Waals surface area contributed by atoms with Gasteiger partial charge in [0.1, 0.15) is 6.04 Å². The van der Waals surface area contributed by atoms with Crippen molar-refractivity contribution in [2.45, 2.75) is 45.7 Å². The summed E-state index contributed by atoms with van der Waals surface area (Å²) in [6.07, 6.45) is 0.358. The molecule has 0 heterocycles. The SMILES string of the molecule is CNC(=O)Cc1ccc(N[C@@H](C)C(=O)NC(C)(C)C)cc1. The molecule has 116 valence electrons. The zero-order valence-electron chi connectivity index (χ0n) is 13.4. The van der Waals surface area contributed by atoms with Crippen molar-refractivity contribution in [1.29, 1.82) is 0 Å². The molecule has 3 N–H and O–H groups in total. The number of carbonyl (C=O) groups excluding carboxylic acids is 2. The van der Waals surface area contributed by atoms with Gasteiger partial charge in [-0.15, -0.1) is 0 Å². The number of benzene rings is 1. The van der Waals surface area contributed by atoms with Gasteiger partial charge < -0.3 is 16.0 Å². The summed E-state index contributed by atoms with van der Waals surface area (Å²) in [5.74, 6) is -0.0643.